The van der Waals surface area contributed by atoms with E-state index in [-0.39, 0.29) is 12.0 Å². The highest BCUT2D eigenvalue weighted by Crippen LogP contribution is 2.52. The Morgan fingerprint density at radius 1 is 0.338 bits per heavy atom. The van der Waals surface area contributed by atoms with Gasteiger partial charge in [-0.05, 0) is 117 Å². The zero-order chi connectivity index (χ0) is 45.0. The molecule has 1 aliphatic carbocycles. The second-order valence-electron chi connectivity index (χ2n) is 17.7. The molecule has 0 saturated carbocycles. The third kappa shape index (κ3) is 6.85. The summed E-state index contributed by atoms with van der Waals surface area (Å²) in [7, 11) is 0. The molecule has 0 N–H and O–H groups in total. The van der Waals surface area contributed by atoms with Gasteiger partial charge >= 0.3 is 0 Å². The van der Waals surface area contributed by atoms with Crippen LogP contribution in [0.2, 0.25) is 0 Å². The smallest absolute Gasteiger partial charge is 0.138 e. The fraction of sp³-hybridized carbons (Fsp3) is 0.0312. The van der Waals surface area contributed by atoms with Crippen molar-refractivity contribution in [1.29, 1.82) is 0 Å². The van der Waals surface area contributed by atoms with Crippen molar-refractivity contribution >= 4 is 33.3 Å². The molecule has 0 amide bonds. The lowest BCUT2D eigenvalue weighted by Gasteiger charge is -2.28. The molecule has 1 aliphatic heterocycles. The van der Waals surface area contributed by atoms with Crippen molar-refractivity contribution in [3.63, 3.8) is 0 Å². The molecule has 320 valence electrons. The lowest BCUT2D eigenvalue weighted by molar-refractivity contribution is 0.738. The fourth-order valence-corrected chi connectivity index (χ4v) is 10.5. The van der Waals surface area contributed by atoms with Crippen LogP contribution in [0.4, 0.5) is 11.5 Å². The molecule has 68 heavy (non-hydrogen) atoms. The zero-order valence-electron chi connectivity index (χ0n) is 37.2. The maximum absolute atomic E-state index is 5.61. The number of para-hydroxylation sites is 1. The van der Waals surface area contributed by atoms with Crippen LogP contribution in [-0.2, 0) is 0 Å². The summed E-state index contributed by atoms with van der Waals surface area (Å²) in [4.78, 5) is 13.7. The van der Waals surface area contributed by atoms with Crippen molar-refractivity contribution in [3.8, 4) is 72.8 Å². The number of hydrogen-bond acceptors (Lipinski definition) is 3. The van der Waals surface area contributed by atoms with Crippen molar-refractivity contribution in [2.75, 3.05) is 4.90 Å². The lowest BCUT2D eigenvalue weighted by atomic mass is 9.91. The first-order chi connectivity index (χ1) is 33.7. The van der Waals surface area contributed by atoms with Gasteiger partial charge in [-0.1, -0.05) is 188 Å². The molecule has 2 aliphatic rings. The van der Waals surface area contributed by atoms with E-state index in [0.29, 0.717) is 0 Å². The van der Waals surface area contributed by atoms with Crippen molar-refractivity contribution < 1.29 is 0 Å². The lowest BCUT2D eigenvalue weighted by Crippen LogP contribution is -2.29. The molecule has 0 bridgehead atoms. The molecular formula is C64H44N4. The Bertz CT molecular complexity index is 3630. The predicted octanol–water partition coefficient (Wildman–Crippen LogP) is 16.3. The summed E-state index contributed by atoms with van der Waals surface area (Å²) >= 11 is 0. The highest BCUT2D eigenvalue weighted by Gasteiger charge is 2.40. The molecule has 0 spiro atoms. The molecule has 0 fully saturated rings. The van der Waals surface area contributed by atoms with E-state index >= 15 is 0 Å². The average molecular weight is 869 g/mol. The first-order valence-electron chi connectivity index (χ1n) is 23.4. The van der Waals surface area contributed by atoms with Crippen molar-refractivity contribution in [3.05, 3.63) is 260 Å². The normalized spacial score (nSPS) is 14.9. The number of pyridine rings is 2. The van der Waals surface area contributed by atoms with Gasteiger partial charge in [0, 0.05) is 27.8 Å². The van der Waals surface area contributed by atoms with Crippen LogP contribution >= 0.6 is 0 Å². The minimum atomic E-state index is 0.0294. The van der Waals surface area contributed by atoms with E-state index in [1.54, 1.807) is 0 Å². The largest absolute Gasteiger partial charge is 0.316 e. The number of nitrogens with zero attached hydrogens (tertiary/aromatic N) is 4. The number of benzene rings is 8. The monoisotopic (exact) mass is 868 g/mol. The van der Waals surface area contributed by atoms with E-state index in [4.69, 9.17) is 9.97 Å². The molecule has 11 aromatic rings. The Hall–Kier alpha value is -8.86. The van der Waals surface area contributed by atoms with E-state index in [2.05, 4.69) is 264 Å². The minimum Gasteiger partial charge on any atom is -0.316 e. The molecule has 0 saturated heterocycles. The first kappa shape index (κ1) is 39.5. The molecular weight excluding hydrogens is 825 g/mol. The van der Waals surface area contributed by atoms with E-state index < -0.39 is 0 Å². The summed E-state index contributed by atoms with van der Waals surface area (Å²) in [6.45, 7) is 0. The van der Waals surface area contributed by atoms with Crippen LogP contribution in [0, 0.1) is 0 Å². The van der Waals surface area contributed by atoms with E-state index in [0.717, 1.165) is 73.1 Å². The van der Waals surface area contributed by atoms with Gasteiger partial charge in [-0.2, -0.15) is 0 Å². The fourth-order valence-electron chi connectivity index (χ4n) is 10.5. The number of aromatic nitrogens is 3. The standard InChI is InChI=1S/C64H44N4/c1-5-19-43(20-6-1)47-37-48(44-21-7-2-8-22-44)40-51(39-47)57-29-17-33-61(65-57)67-59-31-15-13-27-53(59)55-35-36-56-54-28-14-16-32-60(54)68(64(56)63(55)67)62-34-18-30-58(66-62)52-41-49(45-23-9-3-10-24-45)38-50(42-52)46-25-11-4-12-26-46/h1-42,53,59H. The molecule has 0 radical (unpaired) electrons. The molecule has 4 nitrogen and oxygen atoms in total. The molecule has 2 unspecified atom stereocenters. The molecule has 4 heterocycles. The molecule has 3 aromatic heterocycles. The van der Waals surface area contributed by atoms with Gasteiger partial charge in [-0.15, -0.1) is 0 Å². The summed E-state index contributed by atoms with van der Waals surface area (Å²) < 4.78 is 2.39. The van der Waals surface area contributed by atoms with Gasteiger partial charge in [0.25, 0.3) is 0 Å². The topological polar surface area (TPSA) is 34.0 Å². The Balaban J connectivity index is 0.998. The van der Waals surface area contributed by atoms with Crippen LogP contribution in [-0.4, -0.2) is 20.6 Å². The maximum atomic E-state index is 5.61. The maximum Gasteiger partial charge on any atom is 0.138 e. The molecule has 8 aromatic carbocycles. The Labute approximate surface area is 396 Å². The highest BCUT2D eigenvalue weighted by molar-refractivity contribution is 6.15. The number of allylic oxidation sites excluding steroid dienone is 2. The number of rotatable bonds is 8. The molecule has 13 rings (SSSR count). The number of fused-ring (bicyclic) bond motifs is 7. The van der Waals surface area contributed by atoms with Crippen LogP contribution in [0.1, 0.15) is 11.5 Å². The van der Waals surface area contributed by atoms with E-state index in [9.17, 15) is 0 Å². The third-order valence-corrected chi connectivity index (χ3v) is 13.7. The summed E-state index contributed by atoms with van der Waals surface area (Å²) in [6.07, 6.45) is 9.07. The van der Waals surface area contributed by atoms with E-state index in [1.165, 1.54) is 38.6 Å². The Morgan fingerprint density at radius 2 is 0.794 bits per heavy atom. The summed E-state index contributed by atoms with van der Waals surface area (Å²) in [6, 6.07) is 82.6. The van der Waals surface area contributed by atoms with Crippen LogP contribution in [0.3, 0.4) is 0 Å². The van der Waals surface area contributed by atoms with Gasteiger partial charge in [-0.25, -0.2) is 9.97 Å². The summed E-state index contributed by atoms with van der Waals surface area (Å²) in [5.41, 5.74) is 17.9. The molecule has 2 atom stereocenters. The summed E-state index contributed by atoms with van der Waals surface area (Å²) in [5.74, 6) is 1.90. The zero-order valence-corrected chi connectivity index (χ0v) is 37.2. The van der Waals surface area contributed by atoms with Gasteiger partial charge in [0.15, 0.2) is 0 Å². The predicted molar refractivity (Wildman–Crippen MR) is 282 cm³/mol. The van der Waals surface area contributed by atoms with Crippen molar-refractivity contribution in [2.24, 2.45) is 0 Å². The third-order valence-electron chi connectivity index (χ3n) is 13.7. The van der Waals surface area contributed by atoms with Gasteiger partial charge < -0.3 is 4.90 Å². The second-order valence-corrected chi connectivity index (χ2v) is 17.7. The van der Waals surface area contributed by atoms with Crippen LogP contribution in [0.25, 0.3) is 94.6 Å². The minimum absolute atomic E-state index is 0.0294. The van der Waals surface area contributed by atoms with Gasteiger partial charge in [0.05, 0.1) is 34.2 Å². The van der Waals surface area contributed by atoms with E-state index in [1.807, 2.05) is 0 Å². The summed E-state index contributed by atoms with van der Waals surface area (Å²) in [5, 5.41) is 2.36. The van der Waals surface area contributed by atoms with Gasteiger partial charge in [0.2, 0.25) is 0 Å². The SMILES string of the molecule is C1=CC2c3ccc4c5ccccc5n(-c5cccc(-c6cc(-c7ccccc7)cc(-c7ccccc7)c6)n5)c4c3N(c3cccc(-c4cc(-c5ccccc5)cc(-c5ccccc5)c4)n3)C2C=C1. The van der Waals surface area contributed by atoms with Crippen LogP contribution in [0.15, 0.2) is 255 Å². The molecule has 4 heteroatoms. The second kappa shape index (κ2) is 16.5. The van der Waals surface area contributed by atoms with Gasteiger partial charge in [-0.3, -0.25) is 4.57 Å². The average Bonchev–Trinajstić information content (AvgIpc) is 3.95. The highest BCUT2D eigenvalue weighted by atomic mass is 15.3. The Kier molecular flexibility index (Phi) is 9.61. The number of anilines is 2. The first-order valence-corrected chi connectivity index (χ1v) is 23.4. The van der Waals surface area contributed by atoms with Gasteiger partial charge in [0.1, 0.15) is 11.6 Å². The quantitative estimate of drug-likeness (QED) is 0.153. The van der Waals surface area contributed by atoms with Crippen LogP contribution < -0.4 is 4.90 Å². The van der Waals surface area contributed by atoms with Crippen molar-refractivity contribution in [2.45, 2.75) is 12.0 Å². The van der Waals surface area contributed by atoms with Crippen LogP contribution in [0.5, 0.6) is 0 Å². The Morgan fingerprint density at radius 3 is 1.34 bits per heavy atom. The number of hydrogen-bond donors (Lipinski definition) is 0. The van der Waals surface area contributed by atoms with Crippen molar-refractivity contribution in [1.82, 2.24) is 14.5 Å².